The molecule has 1 saturated heterocycles. The summed E-state index contributed by atoms with van der Waals surface area (Å²) < 4.78 is 0. The first-order valence-electron chi connectivity index (χ1n) is 6.69. The molecule has 1 amide bonds. The van der Waals surface area contributed by atoms with Crippen LogP contribution in [-0.4, -0.2) is 23.9 Å². The van der Waals surface area contributed by atoms with E-state index in [4.69, 9.17) is 0 Å². The van der Waals surface area contributed by atoms with Gasteiger partial charge in [0.25, 0.3) is 5.91 Å². The van der Waals surface area contributed by atoms with Gasteiger partial charge in [-0.1, -0.05) is 31.9 Å². The van der Waals surface area contributed by atoms with Crippen LogP contribution in [-0.2, 0) is 6.42 Å². The Kier molecular flexibility index (Phi) is 4.18. The summed E-state index contributed by atoms with van der Waals surface area (Å²) in [6.07, 6.45) is 5.85. The largest absolute Gasteiger partial charge is 0.339 e. The Morgan fingerprint density at radius 2 is 1.65 bits per heavy atom. The molecule has 0 unspecified atom stereocenters. The van der Waals surface area contributed by atoms with E-state index < -0.39 is 0 Å². The van der Waals surface area contributed by atoms with Gasteiger partial charge < -0.3 is 4.90 Å². The van der Waals surface area contributed by atoms with Crippen molar-refractivity contribution in [3.8, 4) is 0 Å². The van der Waals surface area contributed by atoms with Gasteiger partial charge in [0.1, 0.15) is 0 Å². The van der Waals surface area contributed by atoms with Gasteiger partial charge in [-0.25, -0.2) is 0 Å². The first kappa shape index (κ1) is 12.2. The molecule has 0 saturated carbocycles. The number of likely N-dealkylation sites (tertiary alicyclic amines) is 1. The van der Waals surface area contributed by atoms with E-state index in [0.717, 1.165) is 37.9 Å². The summed E-state index contributed by atoms with van der Waals surface area (Å²) in [5.74, 6) is 0.203. The molecule has 1 aromatic carbocycles. The normalized spacial score (nSPS) is 16.6. The van der Waals surface area contributed by atoms with E-state index in [-0.39, 0.29) is 5.91 Å². The minimum absolute atomic E-state index is 0.203. The molecule has 17 heavy (non-hydrogen) atoms. The maximum atomic E-state index is 12.3. The van der Waals surface area contributed by atoms with Gasteiger partial charge in [-0.15, -0.1) is 0 Å². The van der Waals surface area contributed by atoms with Gasteiger partial charge in [-0.2, -0.15) is 0 Å². The lowest BCUT2D eigenvalue weighted by molar-refractivity contribution is 0.0761. The molecule has 0 aromatic heterocycles. The van der Waals surface area contributed by atoms with Crippen molar-refractivity contribution in [3.05, 3.63) is 35.4 Å². The van der Waals surface area contributed by atoms with Gasteiger partial charge in [-0.3, -0.25) is 4.79 Å². The van der Waals surface area contributed by atoms with Crippen LogP contribution in [0.4, 0.5) is 0 Å². The van der Waals surface area contributed by atoms with Crippen LogP contribution in [0.5, 0.6) is 0 Å². The van der Waals surface area contributed by atoms with Gasteiger partial charge in [-0.05, 0) is 37.0 Å². The second kappa shape index (κ2) is 5.85. The Bertz CT molecular complexity index is 361. The van der Waals surface area contributed by atoms with Gasteiger partial charge in [0.15, 0.2) is 0 Å². The van der Waals surface area contributed by atoms with E-state index >= 15 is 0 Å². The summed E-state index contributed by atoms with van der Waals surface area (Å²) in [4.78, 5) is 14.3. The summed E-state index contributed by atoms with van der Waals surface area (Å²) in [5.41, 5.74) is 2.13. The molecule has 0 spiro atoms. The number of nitrogens with zero attached hydrogens (tertiary/aromatic N) is 1. The monoisotopic (exact) mass is 231 g/mol. The number of aryl methyl sites for hydroxylation is 1. The molecule has 0 aliphatic carbocycles. The summed E-state index contributed by atoms with van der Waals surface area (Å²) in [6, 6.07) is 8.05. The maximum absolute atomic E-state index is 12.3. The zero-order chi connectivity index (χ0) is 12.1. The highest BCUT2D eigenvalue weighted by Crippen LogP contribution is 2.14. The fraction of sp³-hybridized carbons (Fsp3) is 0.533. The molecule has 2 nitrogen and oxygen atoms in total. The van der Waals surface area contributed by atoms with E-state index in [2.05, 4.69) is 19.1 Å². The lowest BCUT2D eigenvalue weighted by Crippen LogP contribution is -2.31. The van der Waals surface area contributed by atoms with E-state index in [1.165, 1.54) is 18.4 Å². The fourth-order valence-corrected chi connectivity index (χ4v) is 2.34. The standard InChI is InChI=1S/C15H21NO/c1-2-13-7-9-14(10-8-13)15(17)16-11-5-3-4-6-12-16/h7-10H,2-6,11-12H2,1H3. The quantitative estimate of drug-likeness (QED) is 0.765. The van der Waals surface area contributed by atoms with Gasteiger partial charge in [0, 0.05) is 18.7 Å². The smallest absolute Gasteiger partial charge is 0.253 e. The average Bonchev–Trinajstić information content (AvgIpc) is 2.67. The molecule has 0 radical (unpaired) electrons. The van der Waals surface area contributed by atoms with E-state index in [0.29, 0.717) is 0 Å². The second-order valence-electron chi connectivity index (χ2n) is 4.76. The van der Waals surface area contributed by atoms with E-state index in [1.807, 2.05) is 17.0 Å². The fourth-order valence-electron chi connectivity index (χ4n) is 2.34. The summed E-state index contributed by atoms with van der Waals surface area (Å²) in [5, 5.41) is 0. The highest BCUT2D eigenvalue weighted by Gasteiger charge is 2.16. The number of carbonyl (C=O) groups excluding carboxylic acids is 1. The predicted molar refractivity (Wildman–Crippen MR) is 70.2 cm³/mol. The van der Waals surface area contributed by atoms with Crippen molar-refractivity contribution in [2.75, 3.05) is 13.1 Å². The lowest BCUT2D eigenvalue weighted by Gasteiger charge is -2.20. The molecule has 1 aliphatic rings. The van der Waals surface area contributed by atoms with Crippen LogP contribution < -0.4 is 0 Å². The maximum Gasteiger partial charge on any atom is 0.253 e. The third kappa shape index (κ3) is 3.09. The molecule has 1 aromatic rings. The molecule has 2 heteroatoms. The number of rotatable bonds is 2. The number of carbonyl (C=O) groups is 1. The zero-order valence-corrected chi connectivity index (χ0v) is 10.6. The topological polar surface area (TPSA) is 20.3 Å². The molecular weight excluding hydrogens is 210 g/mol. The molecular formula is C15H21NO. The van der Waals surface area contributed by atoms with Crippen LogP contribution in [0.15, 0.2) is 24.3 Å². The number of amides is 1. The highest BCUT2D eigenvalue weighted by atomic mass is 16.2. The minimum Gasteiger partial charge on any atom is -0.339 e. The Morgan fingerprint density at radius 1 is 1.06 bits per heavy atom. The third-order valence-electron chi connectivity index (χ3n) is 3.50. The summed E-state index contributed by atoms with van der Waals surface area (Å²) in [7, 11) is 0. The van der Waals surface area contributed by atoms with Crippen molar-refractivity contribution in [3.63, 3.8) is 0 Å². The van der Waals surface area contributed by atoms with Crippen molar-refractivity contribution in [2.24, 2.45) is 0 Å². The van der Waals surface area contributed by atoms with Crippen LogP contribution in [0.1, 0.15) is 48.5 Å². The average molecular weight is 231 g/mol. The van der Waals surface area contributed by atoms with Crippen molar-refractivity contribution in [2.45, 2.75) is 39.0 Å². The number of benzene rings is 1. The van der Waals surface area contributed by atoms with Crippen LogP contribution in [0, 0.1) is 0 Å². The van der Waals surface area contributed by atoms with Crippen LogP contribution in [0.2, 0.25) is 0 Å². The number of hydrogen-bond acceptors (Lipinski definition) is 1. The summed E-state index contributed by atoms with van der Waals surface area (Å²) >= 11 is 0. The molecule has 0 N–H and O–H groups in total. The molecule has 1 aliphatic heterocycles. The van der Waals surface area contributed by atoms with Gasteiger partial charge >= 0.3 is 0 Å². The molecule has 1 fully saturated rings. The molecule has 2 rings (SSSR count). The van der Waals surface area contributed by atoms with Crippen LogP contribution in [0.3, 0.4) is 0 Å². The molecule has 92 valence electrons. The SMILES string of the molecule is CCc1ccc(C(=O)N2CCCCCC2)cc1. The first-order valence-corrected chi connectivity index (χ1v) is 6.69. The lowest BCUT2D eigenvalue weighted by atomic mass is 10.1. The Morgan fingerprint density at radius 3 is 2.18 bits per heavy atom. The highest BCUT2D eigenvalue weighted by molar-refractivity contribution is 5.94. The number of hydrogen-bond donors (Lipinski definition) is 0. The predicted octanol–water partition coefficient (Wildman–Crippen LogP) is 3.27. The van der Waals surface area contributed by atoms with Crippen molar-refractivity contribution < 1.29 is 4.79 Å². The van der Waals surface area contributed by atoms with E-state index in [1.54, 1.807) is 0 Å². The van der Waals surface area contributed by atoms with Crippen molar-refractivity contribution in [1.82, 2.24) is 4.90 Å². The Labute approximate surface area is 104 Å². The van der Waals surface area contributed by atoms with Crippen molar-refractivity contribution >= 4 is 5.91 Å². The summed E-state index contributed by atoms with van der Waals surface area (Å²) in [6.45, 7) is 3.98. The Hall–Kier alpha value is -1.31. The van der Waals surface area contributed by atoms with Crippen LogP contribution in [0.25, 0.3) is 0 Å². The Balaban J connectivity index is 2.06. The first-order chi connectivity index (χ1) is 8.31. The third-order valence-corrected chi connectivity index (χ3v) is 3.50. The van der Waals surface area contributed by atoms with Crippen molar-refractivity contribution in [1.29, 1.82) is 0 Å². The van der Waals surface area contributed by atoms with Crippen LogP contribution >= 0.6 is 0 Å². The molecule has 0 bridgehead atoms. The minimum atomic E-state index is 0.203. The van der Waals surface area contributed by atoms with E-state index in [9.17, 15) is 4.79 Å². The molecule has 0 atom stereocenters. The zero-order valence-electron chi connectivity index (χ0n) is 10.6. The van der Waals surface area contributed by atoms with Gasteiger partial charge in [0.05, 0.1) is 0 Å². The second-order valence-corrected chi connectivity index (χ2v) is 4.76. The molecule has 1 heterocycles. The van der Waals surface area contributed by atoms with Gasteiger partial charge in [0.2, 0.25) is 0 Å².